The SMILES string of the molecule is O=C(NCc1cc(F)cc(Cl)c1)OC1(O)CCN(c2cnc3nc(C(F)(F)F)[nH]c3c2)C1=O. The second kappa shape index (κ2) is 8.15. The summed E-state index contributed by atoms with van der Waals surface area (Å²) < 4.78 is 56.7. The molecule has 1 aromatic carbocycles. The van der Waals surface area contributed by atoms with Gasteiger partial charge in [0.15, 0.2) is 5.65 Å². The van der Waals surface area contributed by atoms with E-state index in [0.717, 1.165) is 23.2 Å². The van der Waals surface area contributed by atoms with Crippen LogP contribution in [0.25, 0.3) is 11.2 Å². The molecule has 14 heteroatoms. The fourth-order valence-corrected chi connectivity index (χ4v) is 3.52. The van der Waals surface area contributed by atoms with Crippen LogP contribution >= 0.6 is 11.6 Å². The Morgan fingerprint density at radius 1 is 1.33 bits per heavy atom. The van der Waals surface area contributed by atoms with Gasteiger partial charge in [-0.25, -0.2) is 19.2 Å². The summed E-state index contributed by atoms with van der Waals surface area (Å²) in [5, 5.41) is 12.9. The number of anilines is 1. The molecule has 1 fully saturated rings. The lowest BCUT2D eigenvalue weighted by Crippen LogP contribution is -2.46. The lowest BCUT2D eigenvalue weighted by molar-refractivity contribution is -0.175. The Balaban J connectivity index is 1.44. The first-order valence-corrected chi connectivity index (χ1v) is 9.71. The fourth-order valence-electron chi connectivity index (χ4n) is 3.27. The second-order valence-electron chi connectivity index (χ2n) is 7.16. The molecule has 2 aromatic heterocycles. The summed E-state index contributed by atoms with van der Waals surface area (Å²) in [4.78, 5) is 35.0. The number of hydrogen-bond donors (Lipinski definition) is 3. The number of aromatic nitrogens is 3. The molecule has 1 atom stereocenters. The molecule has 174 valence electrons. The number of imidazole rings is 1. The summed E-state index contributed by atoms with van der Waals surface area (Å²) >= 11 is 5.74. The number of carbonyl (C=O) groups is 2. The minimum atomic E-state index is -4.71. The number of halogens is 5. The van der Waals surface area contributed by atoms with Crippen LogP contribution in [-0.4, -0.2) is 44.4 Å². The maximum atomic E-state index is 13.4. The van der Waals surface area contributed by atoms with Gasteiger partial charge in [0.05, 0.1) is 17.4 Å². The summed E-state index contributed by atoms with van der Waals surface area (Å²) in [6.07, 6.45) is -5.05. The number of aliphatic hydroxyl groups is 1. The predicted molar refractivity (Wildman–Crippen MR) is 106 cm³/mol. The number of carbonyl (C=O) groups excluding carboxylic acids is 2. The van der Waals surface area contributed by atoms with E-state index in [1.165, 1.54) is 12.1 Å². The molecule has 3 heterocycles. The van der Waals surface area contributed by atoms with Crippen LogP contribution in [0.5, 0.6) is 0 Å². The number of ether oxygens (including phenoxy) is 1. The second-order valence-corrected chi connectivity index (χ2v) is 7.60. The molecule has 0 radical (unpaired) electrons. The summed E-state index contributed by atoms with van der Waals surface area (Å²) in [5.41, 5.74) is 0.108. The molecule has 4 rings (SSSR count). The number of alkyl carbamates (subject to hydrolysis) is 1. The Bertz CT molecular complexity index is 1230. The minimum Gasteiger partial charge on any atom is -0.407 e. The molecule has 9 nitrogen and oxygen atoms in total. The Kier molecular flexibility index (Phi) is 5.62. The number of rotatable bonds is 4. The van der Waals surface area contributed by atoms with Crippen LogP contribution in [0.15, 0.2) is 30.5 Å². The van der Waals surface area contributed by atoms with Crippen LogP contribution in [0.4, 0.5) is 28.0 Å². The zero-order valence-electron chi connectivity index (χ0n) is 16.4. The molecule has 3 N–H and O–H groups in total. The van der Waals surface area contributed by atoms with Gasteiger partial charge in [-0.15, -0.1) is 0 Å². The van der Waals surface area contributed by atoms with Gasteiger partial charge in [-0.2, -0.15) is 13.2 Å². The molecule has 0 spiro atoms. The van der Waals surface area contributed by atoms with Gasteiger partial charge >= 0.3 is 12.3 Å². The van der Waals surface area contributed by atoms with E-state index in [1.54, 1.807) is 0 Å². The Hall–Kier alpha value is -3.45. The largest absolute Gasteiger partial charge is 0.449 e. The maximum absolute atomic E-state index is 13.4. The van der Waals surface area contributed by atoms with Crippen LogP contribution in [0.2, 0.25) is 5.02 Å². The zero-order chi connectivity index (χ0) is 24.0. The van der Waals surface area contributed by atoms with Crippen molar-refractivity contribution in [2.75, 3.05) is 11.4 Å². The van der Waals surface area contributed by atoms with Crippen LogP contribution in [-0.2, 0) is 22.3 Å². The van der Waals surface area contributed by atoms with Crippen molar-refractivity contribution in [1.82, 2.24) is 20.3 Å². The molecule has 2 amide bonds. The molecule has 0 aliphatic carbocycles. The van der Waals surface area contributed by atoms with Gasteiger partial charge in [-0.3, -0.25) is 4.79 Å². The smallest absolute Gasteiger partial charge is 0.407 e. The van der Waals surface area contributed by atoms with Gasteiger partial charge < -0.3 is 25.0 Å². The van der Waals surface area contributed by atoms with Gasteiger partial charge in [-0.05, 0) is 29.8 Å². The average Bonchev–Trinajstić information content (AvgIpc) is 3.27. The van der Waals surface area contributed by atoms with Crippen LogP contribution in [0, 0.1) is 5.82 Å². The number of nitrogens with one attached hydrogen (secondary N) is 2. The van der Waals surface area contributed by atoms with Crippen LogP contribution in [0.3, 0.4) is 0 Å². The average molecular weight is 488 g/mol. The van der Waals surface area contributed by atoms with Crippen LogP contribution in [0.1, 0.15) is 17.8 Å². The predicted octanol–water partition coefficient (Wildman–Crippen LogP) is 3.12. The number of benzene rings is 1. The van der Waals surface area contributed by atoms with Crippen molar-refractivity contribution in [2.45, 2.75) is 24.9 Å². The van der Waals surface area contributed by atoms with Gasteiger partial charge in [-0.1, -0.05) is 11.6 Å². The van der Waals surface area contributed by atoms with Gasteiger partial charge in [0.1, 0.15) is 5.82 Å². The number of pyridine rings is 1. The maximum Gasteiger partial charge on any atom is 0.449 e. The first-order chi connectivity index (χ1) is 15.4. The first-order valence-electron chi connectivity index (χ1n) is 9.34. The molecular weight excluding hydrogens is 474 g/mol. The van der Waals surface area contributed by atoms with E-state index < -0.39 is 35.6 Å². The number of hydrogen-bond acceptors (Lipinski definition) is 6. The van der Waals surface area contributed by atoms with E-state index in [2.05, 4.69) is 20.3 Å². The summed E-state index contributed by atoms with van der Waals surface area (Å²) in [6.45, 7) is -0.290. The molecule has 0 bridgehead atoms. The number of H-pyrrole nitrogens is 1. The minimum absolute atomic E-state index is 0.0687. The van der Waals surface area contributed by atoms with E-state index >= 15 is 0 Å². The Morgan fingerprint density at radius 2 is 2.09 bits per heavy atom. The van der Waals surface area contributed by atoms with Crippen molar-refractivity contribution in [3.8, 4) is 0 Å². The van der Waals surface area contributed by atoms with Gasteiger partial charge in [0.25, 0.3) is 11.7 Å². The van der Waals surface area contributed by atoms with Crippen LogP contribution < -0.4 is 10.2 Å². The Morgan fingerprint density at radius 3 is 2.79 bits per heavy atom. The fraction of sp³-hybridized carbons (Fsp3) is 0.263. The number of aromatic amines is 1. The Labute approximate surface area is 187 Å². The van der Waals surface area contributed by atoms with E-state index in [0.29, 0.717) is 5.56 Å². The number of fused-ring (bicyclic) bond motifs is 1. The molecule has 1 aliphatic heterocycles. The molecule has 1 unspecified atom stereocenters. The standard InChI is InChI=1S/C19H14ClF4N5O4/c20-10-3-9(4-11(21)5-10)7-26-17(31)33-18(32)1-2-29(16(18)30)12-6-13-14(25-8-12)28-15(27-13)19(22,23)24/h3-6,8,32H,1-2,7H2,(H,26,31)(H,25,27,28). The highest BCUT2D eigenvalue weighted by Crippen LogP contribution is 2.32. The van der Waals surface area contributed by atoms with Crippen molar-refractivity contribution in [3.05, 3.63) is 52.7 Å². The van der Waals surface area contributed by atoms with E-state index in [9.17, 15) is 32.3 Å². The highest BCUT2D eigenvalue weighted by atomic mass is 35.5. The zero-order valence-corrected chi connectivity index (χ0v) is 17.2. The molecule has 33 heavy (non-hydrogen) atoms. The molecule has 0 saturated carbocycles. The normalized spacial score (nSPS) is 18.7. The van der Waals surface area contributed by atoms with E-state index in [1.807, 2.05) is 0 Å². The monoisotopic (exact) mass is 487 g/mol. The number of alkyl halides is 3. The van der Waals surface area contributed by atoms with Crippen molar-refractivity contribution < 1.29 is 37.0 Å². The highest BCUT2D eigenvalue weighted by molar-refractivity contribution is 6.30. The third kappa shape index (κ3) is 4.68. The van der Waals surface area contributed by atoms with E-state index in [4.69, 9.17) is 16.3 Å². The molecule has 1 saturated heterocycles. The van der Waals surface area contributed by atoms with Crippen molar-refractivity contribution in [2.24, 2.45) is 0 Å². The number of nitrogens with zero attached hydrogens (tertiary/aromatic N) is 3. The van der Waals surface area contributed by atoms with E-state index in [-0.39, 0.29) is 41.4 Å². The first kappa shape index (κ1) is 22.7. The quantitative estimate of drug-likeness (QED) is 0.384. The van der Waals surface area contributed by atoms with Gasteiger partial charge in [0, 0.05) is 24.5 Å². The van der Waals surface area contributed by atoms with Crippen molar-refractivity contribution in [3.63, 3.8) is 0 Å². The van der Waals surface area contributed by atoms with Crippen molar-refractivity contribution >= 4 is 40.5 Å². The lowest BCUT2D eigenvalue weighted by atomic mass is 10.2. The molecule has 3 aromatic rings. The summed E-state index contributed by atoms with van der Waals surface area (Å²) in [5.74, 6) is -5.38. The van der Waals surface area contributed by atoms with Crippen molar-refractivity contribution in [1.29, 1.82) is 0 Å². The highest BCUT2D eigenvalue weighted by Gasteiger charge is 2.49. The summed E-state index contributed by atoms with van der Waals surface area (Å²) in [6, 6.07) is 4.83. The third-order valence-electron chi connectivity index (χ3n) is 4.78. The van der Waals surface area contributed by atoms with Gasteiger partial charge in [0.2, 0.25) is 5.82 Å². The number of amides is 2. The lowest BCUT2D eigenvalue weighted by Gasteiger charge is -2.22. The molecule has 1 aliphatic rings. The molecular formula is C19H14ClF4N5O4. The topological polar surface area (TPSA) is 120 Å². The third-order valence-corrected chi connectivity index (χ3v) is 5.00. The summed E-state index contributed by atoms with van der Waals surface area (Å²) in [7, 11) is 0.